The molecule has 2 atom stereocenters. The number of halogens is 1. The molecule has 0 amide bonds. The molecule has 2 aliphatic heterocycles. The lowest BCUT2D eigenvalue weighted by Crippen LogP contribution is -2.47. The number of fused-ring (bicyclic) bond motifs is 2. The summed E-state index contributed by atoms with van der Waals surface area (Å²) < 4.78 is 13.6. The van der Waals surface area contributed by atoms with E-state index in [1.807, 2.05) is 6.07 Å². The average molecular weight is 287 g/mol. The third-order valence-electron chi connectivity index (χ3n) is 4.84. The Bertz CT molecular complexity index is 539. The van der Waals surface area contributed by atoms with Crippen LogP contribution in [0.3, 0.4) is 0 Å². The Morgan fingerprint density at radius 2 is 2.00 bits per heavy atom. The van der Waals surface area contributed by atoms with E-state index in [4.69, 9.17) is 5.26 Å². The molecule has 112 valence electrons. The molecule has 3 rings (SSSR count). The molecule has 0 spiro atoms. The van der Waals surface area contributed by atoms with Gasteiger partial charge >= 0.3 is 0 Å². The van der Waals surface area contributed by atoms with Crippen LogP contribution in [-0.2, 0) is 6.54 Å². The van der Waals surface area contributed by atoms with Crippen molar-refractivity contribution in [2.75, 3.05) is 6.54 Å². The quantitative estimate of drug-likeness (QED) is 0.925. The number of nitrogens with zero attached hydrogens (tertiary/aromatic N) is 2. The van der Waals surface area contributed by atoms with Crippen molar-refractivity contribution < 1.29 is 4.39 Å². The second-order valence-electron chi connectivity index (χ2n) is 6.29. The van der Waals surface area contributed by atoms with E-state index in [1.165, 1.54) is 31.7 Å². The van der Waals surface area contributed by atoms with Crippen LogP contribution in [0.5, 0.6) is 0 Å². The molecule has 21 heavy (non-hydrogen) atoms. The first kappa shape index (κ1) is 14.5. The average Bonchev–Trinajstić information content (AvgIpc) is 2.82. The maximum absolute atomic E-state index is 13.6. The molecule has 0 aromatic heterocycles. The molecule has 2 saturated heterocycles. The van der Waals surface area contributed by atoms with E-state index in [2.05, 4.69) is 17.1 Å². The van der Waals surface area contributed by atoms with Gasteiger partial charge in [0.1, 0.15) is 5.82 Å². The van der Waals surface area contributed by atoms with Crippen LogP contribution in [0.15, 0.2) is 18.2 Å². The Kier molecular flexibility index (Phi) is 4.23. The zero-order valence-corrected chi connectivity index (χ0v) is 12.5. The monoisotopic (exact) mass is 287 g/mol. The van der Waals surface area contributed by atoms with Crippen molar-refractivity contribution >= 4 is 0 Å². The molecule has 2 aliphatic rings. The van der Waals surface area contributed by atoms with Crippen molar-refractivity contribution in [1.29, 1.82) is 5.26 Å². The Hall–Kier alpha value is -1.44. The van der Waals surface area contributed by atoms with Crippen LogP contribution in [0.25, 0.3) is 0 Å². The molecule has 1 aromatic rings. The zero-order valence-electron chi connectivity index (χ0n) is 12.5. The second-order valence-corrected chi connectivity index (χ2v) is 6.29. The SMILES string of the molecule is CCN(Cc1cc(F)cc(C#N)c1)C1CC2CCC(C1)N2. The van der Waals surface area contributed by atoms with Gasteiger partial charge in [-0.05, 0) is 56.0 Å². The van der Waals surface area contributed by atoms with Crippen LogP contribution in [-0.4, -0.2) is 29.6 Å². The third kappa shape index (κ3) is 3.25. The maximum atomic E-state index is 13.6. The molecule has 1 aromatic carbocycles. The number of piperidine rings is 1. The summed E-state index contributed by atoms with van der Waals surface area (Å²) in [5.74, 6) is -0.314. The highest BCUT2D eigenvalue weighted by Crippen LogP contribution is 2.30. The number of nitrogens with one attached hydrogen (secondary N) is 1. The fourth-order valence-corrected chi connectivity index (χ4v) is 3.87. The standard InChI is InChI=1S/C17H22FN3/c1-2-21(17-8-15-3-4-16(9-17)20-15)11-13-5-12(10-19)6-14(18)7-13/h5-7,15-17,20H,2-4,8-9,11H2,1H3. The Labute approximate surface area is 125 Å². The van der Waals surface area contributed by atoms with Crippen molar-refractivity contribution in [3.05, 3.63) is 35.1 Å². The van der Waals surface area contributed by atoms with Crippen molar-refractivity contribution in [1.82, 2.24) is 10.2 Å². The van der Waals surface area contributed by atoms with Crippen LogP contribution in [0, 0.1) is 17.1 Å². The summed E-state index contributed by atoms with van der Waals surface area (Å²) >= 11 is 0. The molecule has 2 unspecified atom stereocenters. The summed E-state index contributed by atoms with van der Waals surface area (Å²) in [6, 6.07) is 8.58. The van der Waals surface area contributed by atoms with Gasteiger partial charge in [0.05, 0.1) is 11.6 Å². The minimum absolute atomic E-state index is 0.314. The van der Waals surface area contributed by atoms with Crippen LogP contribution >= 0.6 is 0 Å². The molecule has 3 nitrogen and oxygen atoms in total. The number of rotatable bonds is 4. The molecular weight excluding hydrogens is 265 g/mol. The van der Waals surface area contributed by atoms with Gasteiger partial charge in [0.25, 0.3) is 0 Å². The molecule has 0 aliphatic carbocycles. The summed E-state index contributed by atoms with van der Waals surface area (Å²) in [5.41, 5.74) is 1.31. The largest absolute Gasteiger partial charge is 0.311 e. The van der Waals surface area contributed by atoms with Gasteiger partial charge < -0.3 is 5.32 Å². The van der Waals surface area contributed by atoms with Crippen LogP contribution < -0.4 is 5.32 Å². The lowest BCUT2D eigenvalue weighted by Gasteiger charge is -2.37. The van der Waals surface area contributed by atoms with E-state index in [0.29, 0.717) is 23.7 Å². The summed E-state index contributed by atoms with van der Waals surface area (Å²) in [6.45, 7) is 3.85. The number of benzene rings is 1. The van der Waals surface area contributed by atoms with E-state index in [1.54, 1.807) is 12.1 Å². The third-order valence-corrected chi connectivity index (χ3v) is 4.84. The molecule has 4 heteroatoms. The first-order valence-corrected chi connectivity index (χ1v) is 7.87. The van der Waals surface area contributed by atoms with Crippen LogP contribution in [0.4, 0.5) is 4.39 Å². The van der Waals surface area contributed by atoms with E-state index in [9.17, 15) is 4.39 Å². The highest BCUT2D eigenvalue weighted by Gasteiger charge is 2.35. The van der Waals surface area contributed by atoms with Gasteiger partial charge in [-0.1, -0.05) is 6.92 Å². The van der Waals surface area contributed by atoms with Gasteiger partial charge in [0, 0.05) is 24.7 Å². The van der Waals surface area contributed by atoms with Crippen molar-refractivity contribution in [3.8, 4) is 6.07 Å². The van der Waals surface area contributed by atoms with E-state index < -0.39 is 0 Å². The van der Waals surface area contributed by atoms with Gasteiger partial charge in [-0.2, -0.15) is 5.26 Å². The Morgan fingerprint density at radius 3 is 2.62 bits per heavy atom. The van der Waals surface area contributed by atoms with Gasteiger partial charge in [-0.3, -0.25) is 4.90 Å². The molecule has 2 bridgehead atoms. The number of hydrogen-bond donors (Lipinski definition) is 1. The molecule has 0 saturated carbocycles. The first-order valence-electron chi connectivity index (χ1n) is 7.87. The Morgan fingerprint density at radius 1 is 1.29 bits per heavy atom. The van der Waals surface area contributed by atoms with Gasteiger partial charge in [0.2, 0.25) is 0 Å². The van der Waals surface area contributed by atoms with Crippen molar-refractivity contribution in [2.24, 2.45) is 0 Å². The minimum Gasteiger partial charge on any atom is -0.311 e. The predicted molar refractivity (Wildman–Crippen MR) is 80.2 cm³/mol. The zero-order chi connectivity index (χ0) is 14.8. The molecule has 1 N–H and O–H groups in total. The van der Waals surface area contributed by atoms with Gasteiger partial charge in [0.15, 0.2) is 0 Å². The maximum Gasteiger partial charge on any atom is 0.124 e. The molecular formula is C17H22FN3. The molecule has 2 fully saturated rings. The summed E-state index contributed by atoms with van der Waals surface area (Å²) in [7, 11) is 0. The lowest BCUT2D eigenvalue weighted by molar-refractivity contribution is 0.140. The van der Waals surface area contributed by atoms with Crippen LogP contribution in [0.1, 0.15) is 43.7 Å². The lowest BCUT2D eigenvalue weighted by atomic mass is 9.97. The van der Waals surface area contributed by atoms with Crippen molar-refractivity contribution in [3.63, 3.8) is 0 Å². The Balaban J connectivity index is 1.72. The first-order chi connectivity index (χ1) is 10.2. The number of nitriles is 1. The normalized spacial score (nSPS) is 27.8. The van der Waals surface area contributed by atoms with E-state index in [0.717, 1.165) is 18.7 Å². The highest BCUT2D eigenvalue weighted by molar-refractivity contribution is 5.33. The number of hydrogen-bond acceptors (Lipinski definition) is 3. The minimum atomic E-state index is -0.314. The van der Waals surface area contributed by atoms with E-state index in [-0.39, 0.29) is 5.82 Å². The smallest absolute Gasteiger partial charge is 0.124 e. The van der Waals surface area contributed by atoms with Gasteiger partial charge in [-0.15, -0.1) is 0 Å². The second kappa shape index (κ2) is 6.13. The molecule has 2 heterocycles. The van der Waals surface area contributed by atoms with Crippen molar-refractivity contribution in [2.45, 2.75) is 57.3 Å². The van der Waals surface area contributed by atoms with Gasteiger partial charge in [-0.25, -0.2) is 4.39 Å². The summed E-state index contributed by atoms with van der Waals surface area (Å²) in [5, 5.41) is 12.6. The fraction of sp³-hybridized carbons (Fsp3) is 0.588. The van der Waals surface area contributed by atoms with E-state index >= 15 is 0 Å². The topological polar surface area (TPSA) is 39.1 Å². The predicted octanol–water partition coefficient (Wildman–Crippen LogP) is 2.80. The fourth-order valence-electron chi connectivity index (χ4n) is 3.87. The van der Waals surface area contributed by atoms with Crippen LogP contribution in [0.2, 0.25) is 0 Å². The summed E-state index contributed by atoms with van der Waals surface area (Å²) in [4.78, 5) is 2.43. The highest BCUT2D eigenvalue weighted by atomic mass is 19.1. The molecule has 0 radical (unpaired) electrons. The summed E-state index contributed by atoms with van der Waals surface area (Å²) in [6.07, 6.45) is 4.95.